The summed E-state index contributed by atoms with van der Waals surface area (Å²) in [6.07, 6.45) is 6.59. The lowest BCUT2D eigenvalue weighted by Gasteiger charge is -2.33. The predicted molar refractivity (Wildman–Crippen MR) is 127 cm³/mol. The first kappa shape index (κ1) is 23.0. The number of hydrogen-bond donors (Lipinski definition) is 2. The fraction of sp³-hybridized carbons (Fsp3) is 0.480. The molecule has 1 saturated heterocycles. The van der Waals surface area contributed by atoms with Crippen molar-refractivity contribution in [3.8, 4) is 0 Å². The van der Waals surface area contributed by atoms with Crippen LogP contribution in [0.4, 0.5) is 5.69 Å². The third kappa shape index (κ3) is 6.40. The lowest BCUT2D eigenvalue weighted by molar-refractivity contribution is -0.116. The molecule has 2 N–H and O–H groups in total. The number of anilines is 1. The number of nitrogens with zero attached hydrogens (tertiary/aromatic N) is 1. The summed E-state index contributed by atoms with van der Waals surface area (Å²) in [4.78, 5) is 15.2. The van der Waals surface area contributed by atoms with Gasteiger partial charge >= 0.3 is 0 Å². The van der Waals surface area contributed by atoms with Crippen LogP contribution in [-0.2, 0) is 27.8 Å². The third-order valence-electron chi connectivity index (χ3n) is 6.34. The maximum atomic E-state index is 12.4. The van der Waals surface area contributed by atoms with E-state index in [9.17, 15) is 13.2 Å². The molecule has 6 nitrogen and oxygen atoms in total. The summed E-state index contributed by atoms with van der Waals surface area (Å²) in [5.74, 6) is -0.0468. The first-order valence-electron chi connectivity index (χ1n) is 11.6. The van der Waals surface area contributed by atoms with Crippen LogP contribution in [0.1, 0.15) is 56.6 Å². The molecule has 172 valence electrons. The second kappa shape index (κ2) is 10.1. The molecule has 32 heavy (non-hydrogen) atoms. The Morgan fingerprint density at radius 3 is 2.31 bits per heavy atom. The van der Waals surface area contributed by atoms with E-state index in [1.165, 1.54) is 24.8 Å². The summed E-state index contributed by atoms with van der Waals surface area (Å²) in [5, 5.41) is 2.96. The molecule has 0 radical (unpaired) electrons. The van der Waals surface area contributed by atoms with Crippen molar-refractivity contribution < 1.29 is 13.2 Å². The summed E-state index contributed by atoms with van der Waals surface area (Å²) < 4.78 is 27.2. The minimum Gasteiger partial charge on any atom is -0.326 e. The zero-order valence-corrected chi connectivity index (χ0v) is 19.5. The van der Waals surface area contributed by atoms with Crippen LogP contribution in [0, 0.1) is 0 Å². The Balaban J connectivity index is 1.24. The molecule has 2 aromatic rings. The van der Waals surface area contributed by atoms with E-state index in [-0.39, 0.29) is 16.8 Å². The summed E-state index contributed by atoms with van der Waals surface area (Å²) >= 11 is 0. The molecule has 2 fully saturated rings. The van der Waals surface area contributed by atoms with Crippen LogP contribution in [0.15, 0.2) is 53.4 Å². The number of carbonyl (C=O) groups is 1. The topological polar surface area (TPSA) is 78.5 Å². The van der Waals surface area contributed by atoms with Crippen LogP contribution in [0.25, 0.3) is 0 Å². The molecule has 4 rings (SSSR count). The monoisotopic (exact) mass is 455 g/mol. The zero-order valence-electron chi connectivity index (χ0n) is 18.7. The van der Waals surface area contributed by atoms with Crippen LogP contribution < -0.4 is 10.0 Å². The number of piperidine rings is 1. The van der Waals surface area contributed by atoms with Gasteiger partial charge in [0.05, 0.1) is 4.90 Å². The molecule has 1 amide bonds. The van der Waals surface area contributed by atoms with Gasteiger partial charge in [-0.3, -0.25) is 9.69 Å². The third-order valence-corrected chi connectivity index (χ3v) is 7.87. The number of carbonyl (C=O) groups excluding carboxylic acids is 1. The van der Waals surface area contributed by atoms with Gasteiger partial charge in [-0.15, -0.1) is 0 Å². The fourth-order valence-electron chi connectivity index (χ4n) is 4.13. The van der Waals surface area contributed by atoms with Crippen LogP contribution >= 0.6 is 0 Å². The highest BCUT2D eigenvalue weighted by atomic mass is 32.2. The standard InChI is InChI=1S/C25H33N3O3S/c1-19-4-2-3-17-28(19)18-21-5-10-22(11-6-21)26-25(29)16-9-20-7-14-24(15-8-20)32(30,31)27-23-12-13-23/h5-8,10-11,14-15,19,23,27H,2-4,9,12-13,16-18H2,1H3,(H,26,29). The Labute approximate surface area is 191 Å². The minimum atomic E-state index is -3.43. The Bertz CT molecular complexity index is 1020. The Morgan fingerprint density at radius 1 is 0.969 bits per heavy atom. The summed E-state index contributed by atoms with van der Waals surface area (Å²) in [5.41, 5.74) is 3.01. The molecular weight excluding hydrogens is 422 g/mol. The number of rotatable bonds is 9. The molecule has 1 aliphatic heterocycles. The highest BCUT2D eigenvalue weighted by Crippen LogP contribution is 2.23. The maximum Gasteiger partial charge on any atom is 0.240 e. The predicted octanol–water partition coefficient (Wildman–Crippen LogP) is 4.07. The quantitative estimate of drug-likeness (QED) is 0.597. The molecule has 1 saturated carbocycles. The van der Waals surface area contributed by atoms with Gasteiger partial charge in [0.2, 0.25) is 15.9 Å². The molecule has 0 spiro atoms. The zero-order chi connectivity index (χ0) is 22.6. The van der Waals surface area contributed by atoms with Crippen molar-refractivity contribution in [1.29, 1.82) is 0 Å². The summed E-state index contributed by atoms with van der Waals surface area (Å²) in [6.45, 7) is 4.41. The number of aryl methyl sites for hydroxylation is 1. The van der Waals surface area contributed by atoms with Crippen LogP contribution in [0.2, 0.25) is 0 Å². The van der Waals surface area contributed by atoms with Crippen molar-refractivity contribution in [3.63, 3.8) is 0 Å². The van der Waals surface area contributed by atoms with Gasteiger partial charge < -0.3 is 5.32 Å². The normalized spacial score (nSPS) is 19.6. The van der Waals surface area contributed by atoms with E-state index in [0.29, 0.717) is 18.9 Å². The fourth-order valence-corrected chi connectivity index (χ4v) is 5.43. The molecule has 0 aromatic heterocycles. The molecule has 0 bridgehead atoms. The average molecular weight is 456 g/mol. The Morgan fingerprint density at radius 2 is 1.66 bits per heavy atom. The average Bonchev–Trinajstić information content (AvgIpc) is 3.59. The van der Waals surface area contributed by atoms with Gasteiger partial charge in [0.1, 0.15) is 0 Å². The second-order valence-electron chi connectivity index (χ2n) is 9.10. The largest absolute Gasteiger partial charge is 0.326 e. The SMILES string of the molecule is CC1CCCCN1Cc1ccc(NC(=O)CCc2ccc(S(=O)(=O)NC3CC3)cc2)cc1. The van der Waals surface area contributed by atoms with E-state index in [4.69, 9.17) is 0 Å². The van der Waals surface area contributed by atoms with E-state index < -0.39 is 10.0 Å². The molecule has 2 aromatic carbocycles. The van der Waals surface area contributed by atoms with E-state index in [0.717, 1.165) is 37.2 Å². The number of hydrogen-bond acceptors (Lipinski definition) is 4. The van der Waals surface area contributed by atoms with Gasteiger partial charge in [0.25, 0.3) is 0 Å². The number of amides is 1. The molecule has 1 unspecified atom stereocenters. The molecule has 2 aliphatic rings. The van der Waals surface area contributed by atoms with Crippen LogP contribution in [0.5, 0.6) is 0 Å². The molecule has 1 aliphatic carbocycles. The molecule has 7 heteroatoms. The van der Waals surface area contributed by atoms with Gasteiger partial charge in [-0.1, -0.05) is 30.7 Å². The molecule has 1 atom stereocenters. The number of likely N-dealkylation sites (tertiary alicyclic amines) is 1. The summed E-state index contributed by atoms with van der Waals surface area (Å²) in [7, 11) is -3.43. The van der Waals surface area contributed by atoms with Gasteiger partial charge in [0.15, 0.2) is 0 Å². The van der Waals surface area contributed by atoms with Crippen LogP contribution in [-0.4, -0.2) is 37.9 Å². The van der Waals surface area contributed by atoms with E-state index in [1.54, 1.807) is 24.3 Å². The number of nitrogens with one attached hydrogen (secondary N) is 2. The van der Waals surface area contributed by atoms with Crippen molar-refractivity contribution in [2.75, 3.05) is 11.9 Å². The van der Waals surface area contributed by atoms with E-state index >= 15 is 0 Å². The van der Waals surface area contributed by atoms with Crippen molar-refractivity contribution in [2.45, 2.75) is 75.4 Å². The highest BCUT2D eigenvalue weighted by Gasteiger charge is 2.27. The highest BCUT2D eigenvalue weighted by molar-refractivity contribution is 7.89. The molecule has 1 heterocycles. The van der Waals surface area contributed by atoms with Crippen molar-refractivity contribution in [3.05, 3.63) is 59.7 Å². The van der Waals surface area contributed by atoms with E-state index in [1.807, 2.05) is 12.1 Å². The minimum absolute atomic E-state index is 0.0468. The number of benzene rings is 2. The number of sulfonamides is 1. The van der Waals surface area contributed by atoms with Gasteiger partial charge in [-0.25, -0.2) is 13.1 Å². The van der Waals surface area contributed by atoms with Crippen LogP contribution in [0.3, 0.4) is 0 Å². The van der Waals surface area contributed by atoms with Gasteiger partial charge in [-0.2, -0.15) is 0 Å². The lowest BCUT2D eigenvalue weighted by atomic mass is 10.0. The maximum absolute atomic E-state index is 12.4. The Kier molecular flexibility index (Phi) is 7.28. The van der Waals surface area contributed by atoms with Crippen molar-refractivity contribution in [1.82, 2.24) is 9.62 Å². The van der Waals surface area contributed by atoms with Crippen molar-refractivity contribution in [2.24, 2.45) is 0 Å². The van der Waals surface area contributed by atoms with Gasteiger partial charge in [-0.05, 0) is 81.0 Å². The lowest BCUT2D eigenvalue weighted by Crippen LogP contribution is -2.36. The van der Waals surface area contributed by atoms with E-state index in [2.05, 4.69) is 34.0 Å². The molecular formula is C25H33N3O3S. The van der Waals surface area contributed by atoms with Crippen molar-refractivity contribution >= 4 is 21.6 Å². The Hall–Kier alpha value is -2.22. The smallest absolute Gasteiger partial charge is 0.240 e. The first-order chi connectivity index (χ1) is 15.4. The summed E-state index contributed by atoms with van der Waals surface area (Å²) in [6, 6.07) is 15.6. The second-order valence-corrected chi connectivity index (χ2v) is 10.8. The van der Waals surface area contributed by atoms with Gasteiger partial charge in [0, 0.05) is 30.7 Å². The first-order valence-corrected chi connectivity index (χ1v) is 13.1.